The van der Waals surface area contributed by atoms with E-state index in [2.05, 4.69) is 10.5 Å². The monoisotopic (exact) mass is 419 g/mol. The minimum absolute atomic E-state index is 0.198. The molecule has 0 aliphatic rings. The van der Waals surface area contributed by atoms with Crippen molar-refractivity contribution in [3.63, 3.8) is 0 Å². The van der Waals surface area contributed by atoms with Gasteiger partial charge in [-0.2, -0.15) is 9.41 Å². The highest BCUT2D eigenvalue weighted by Crippen LogP contribution is 2.29. The van der Waals surface area contributed by atoms with Gasteiger partial charge in [-0.05, 0) is 24.1 Å². The Kier molecular flexibility index (Phi) is 8.17. The number of nitrogens with one attached hydrogen (secondary N) is 1. The Bertz CT molecular complexity index is 946. The molecule has 9 heteroatoms. The number of hydrogen-bond donors (Lipinski definition) is 1. The molecule has 0 atom stereocenters. The summed E-state index contributed by atoms with van der Waals surface area (Å²) in [6.07, 6.45) is 3.00. The molecule has 0 saturated heterocycles. The van der Waals surface area contributed by atoms with Gasteiger partial charge in [-0.1, -0.05) is 36.4 Å². The van der Waals surface area contributed by atoms with Crippen molar-refractivity contribution >= 4 is 22.1 Å². The summed E-state index contributed by atoms with van der Waals surface area (Å²) < 4.78 is 35.7. The lowest BCUT2D eigenvalue weighted by atomic mass is 10.1. The first kappa shape index (κ1) is 22.4. The second kappa shape index (κ2) is 10.6. The SMILES string of the molecule is COc1cccc(C=NNC(=O)CN(CCc2ccccc2)S(C)(=O)=O)c1OC. The second-order valence-electron chi connectivity index (χ2n) is 6.21. The van der Waals surface area contributed by atoms with Gasteiger partial charge in [0.15, 0.2) is 11.5 Å². The van der Waals surface area contributed by atoms with Crippen molar-refractivity contribution in [3.05, 3.63) is 59.7 Å². The lowest BCUT2D eigenvalue weighted by Gasteiger charge is -2.18. The zero-order valence-corrected chi connectivity index (χ0v) is 17.5. The molecule has 156 valence electrons. The normalized spacial score (nSPS) is 11.6. The first-order valence-electron chi connectivity index (χ1n) is 8.87. The van der Waals surface area contributed by atoms with E-state index in [9.17, 15) is 13.2 Å². The summed E-state index contributed by atoms with van der Waals surface area (Å²) in [5.41, 5.74) is 3.95. The first-order valence-corrected chi connectivity index (χ1v) is 10.7. The van der Waals surface area contributed by atoms with Crippen molar-refractivity contribution < 1.29 is 22.7 Å². The molecule has 0 aromatic heterocycles. The minimum Gasteiger partial charge on any atom is -0.493 e. The number of methoxy groups -OCH3 is 2. The van der Waals surface area contributed by atoms with Crippen molar-refractivity contribution in [1.82, 2.24) is 9.73 Å². The van der Waals surface area contributed by atoms with E-state index >= 15 is 0 Å². The quantitative estimate of drug-likeness (QED) is 0.467. The van der Waals surface area contributed by atoms with Crippen LogP contribution in [0.5, 0.6) is 11.5 Å². The summed E-state index contributed by atoms with van der Waals surface area (Å²) in [5.74, 6) is 0.474. The highest BCUT2D eigenvalue weighted by molar-refractivity contribution is 7.88. The second-order valence-corrected chi connectivity index (χ2v) is 8.19. The van der Waals surface area contributed by atoms with Crippen LogP contribution in [-0.2, 0) is 21.2 Å². The van der Waals surface area contributed by atoms with E-state index in [4.69, 9.17) is 9.47 Å². The molecule has 1 N–H and O–H groups in total. The summed E-state index contributed by atoms with van der Waals surface area (Å²) in [6.45, 7) is -0.123. The molecule has 0 bridgehead atoms. The van der Waals surface area contributed by atoms with Crippen LogP contribution in [-0.4, -0.2) is 58.4 Å². The Morgan fingerprint density at radius 3 is 2.45 bits per heavy atom. The average molecular weight is 420 g/mol. The molecule has 0 aliphatic carbocycles. The zero-order chi connectivity index (χ0) is 21.3. The third-order valence-corrected chi connectivity index (χ3v) is 5.36. The molecule has 2 aromatic rings. The van der Waals surface area contributed by atoms with Gasteiger partial charge in [-0.3, -0.25) is 4.79 Å². The lowest BCUT2D eigenvalue weighted by Crippen LogP contribution is -2.40. The largest absolute Gasteiger partial charge is 0.493 e. The van der Waals surface area contributed by atoms with Gasteiger partial charge in [-0.15, -0.1) is 0 Å². The minimum atomic E-state index is -3.54. The number of ether oxygens (including phenoxy) is 2. The van der Waals surface area contributed by atoms with Crippen LogP contribution in [0.2, 0.25) is 0 Å². The number of carbonyl (C=O) groups is 1. The molecule has 0 heterocycles. The topological polar surface area (TPSA) is 97.3 Å². The fourth-order valence-corrected chi connectivity index (χ4v) is 3.42. The van der Waals surface area contributed by atoms with Crippen LogP contribution in [0.25, 0.3) is 0 Å². The van der Waals surface area contributed by atoms with Crippen LogP contribution in [0, 0.1) is 0 Å². The van der Waals surface area contributed by atoms with Crippen LogP contribution >= 0.6 is 0 Å². The fraction of sp³-hybridized carbons (Fsp3) is 0.300. The van der Waals surface area contributed by atoms with Crippen LogP contribution < -0.4 is 14.9 Å². The zero-order valence-electron chi connectivity index (χ0n) is 16.7. The molecule has 29 heavy (non-hydrogen) atoms. The van der Waals surface area contributed by atoms with Crippen LogP contribution in [0.3, 0.4) is 0 Å². The number of nitrogens with zero attached hydrogens (tertiary/aromatic N) is 2. The molecule has 0 radical (unpaired) electrons. The molecule has 0 unspecified atom stereocenters. The van der Waals surface area contributed by atoms with E-state index in [-0.39, 0.29) is 13.1 Å². The molecule has 0 aliphatic heterocycles. The third kappa shape index (κ3) is 6.88. The summed E-state index contributed by atoms with van der Waals surface area (Å²) in [4.78, 5) is 12.2. The Hall–Kier alpha value is -2.91. The van der Waals surface area contributed by atoms with Crippen LogP contribution in [0.4, 0.5) is 0 Å². The number of carbonyl (C=O) groups excluding carboxylic acids is 1. The van der Waals surface area contributed by atoms with Gasteiger partial charge in [0, 0.05) is 12.1 Å². The number of rotatable bonds is 10. The predicted octanol–water partition coefficient (Wildman–Crippen LogP) is 1.66. The lowest BCUT2D eigenvalue weighted by molar-refractivity contribution is -0.121. The summed E-state index contributed by atoms with van der Waals surface area (Å²) in [7, 11) is -0.515. The first-order chi connectivity index (χ1) is 13.8. The molecule has 1 amide bonds. The number of hydrogen-bond acceptors (Lipinski definition) is 6. The predicted molar refractivity (Wildman–Crippen MR) is 112 cm³/mol. The highest BCUT2D eigenvalue weighted by atomic mass is 32.2. The van der Waals surface area contributed by atoms with Gasteiger partial charge in [0.05, 0.1) is 33.2 Å². The molecule has 8 nitrogen and oxygen atoms in total. The Labute approximate surface area is 171 Å². The Morgan fingerprint density at radius 1 is 1.10 bits per heavy atom. The van der Waals surface area contributed by atoms with E-state index in [1.54, 1.807) is 18.2 Å². The molecule has 0 spiro atoms. The van der Waals surface area contributed by atoms with Crippen molar-refractivity contribution in [2.75, 3.05) is 33.6 Å². The Morgan fingerprint density at radius 2 is 1.83 bits per heavy atom. The van der Waals surface area contributed by atoms with E-state index in [1.165, 1.54) is 20.4 Å². The average Bonchev–Trinajstić information content (AvgIpc) is 2.70. The van der Waals surface area contributed by atoms with Gasteiger partial charge >= 0.3 is 0 Å². The fourth-order valence-electron chi connectivity index (χ4n) is 2.64. The van der Waals surface area contributed by atoms with Crippen molar-refractivity contribution in [2.45, 2.75) is 6.42 Å². The van der Waals surface area contributed by atoms with Gasteiger partial charge in [0.1, 0.15) is 0 Å². The number of benzene rings is 2. The molecule has 0 saturated carbocycles. The molecule has 2 aromatic carbocycles. The van der Waals surface area contributed by atoms with Crippen LogP contribution in [0.15, 0.2) is 53.6 Å². The summed E-state index contributed by atoms with van der Waals surface area (Å²) in [5, 5.41) is 3.90. The maximum absolute atomic E-state index is 12.2. The van der Waals surface area contributed by atoms with Gasteiger partial charge in [0.2, 0.25) is 10.0 Å². The number of para-hydroxylation sites is 1. The standard InChI is InChI=1S/C20H25N3O5S/c1-27-18-11-7-10-17(20(18)28-2)14-21-22-19(24)15-23(29(3,25)26)13-12-16-8-5-4-6-9-16/h4-11,14H,12-13,15H2,1-3H3,(H,22,24). The van der Waals surface area contributed by atoms with Gasteiger partial charge in [-0.25, -0.2) is 13.8 Å². The van der Waals surface area contributed by atoms with Crippen molar-refractivity contribution in [3.8, 4) is 11.5 Å². The smallest absolute Gasteiger partial charge is 0.255 e. The molecular weight excluding hydrogens is 394 g/mol. The summed E-state index contributed by atoms with van der Waals surface area (Å²) in [6, 6.07) is 14.7. The number of hydrazone groups is 1. The molecule has 2 rings (SSSR count). The third-order valence-electron chi connectivity index (χ3n) is 4.11. The van der Waals surface area contributed by atoms with Crippen molar-refractivity contribution in [2.24, 2.45) is 5.10 Å². The Balaban J connectivity index is 1.99. The molecule has 0 fully saturated rings. The van der Waals surface area contributed by atoms with E-state index in [1.807, 2.05) is 30.3 Å². The summed E-state index contributed by atoms with van der Waals surface area (Å²) >= 11 is 0. The highest BCUT2D eigenvalue weighted by Gasteiger charge is 2.19. The number of sulfonamides is 1. The maximum Gasteiger partial charge on any atom is 0.255 e. The molecular formula is C20H25N3O5S. The van der Waals surface area contributed by atoms with E-state index in [0.717, 1.165) is 16.1 Å². The number of amides is 1. The van der Waals surface area contributed by atoms with E-state index < -0.39 is 15.9 Å². The van der Waals surface area contributed by atoms with Crippen molar-refractivity contribution in [1.29, 1.82) is 0 Å². The van der Waals surface area contributed by atoms with Gasteiger partial charge < -0.3 is 9.47 Å². The van der Waals surface area contributed by atoms with E-state index in [0.29, 0.717) is 23.5 Å². The van der Waals surface area contributed by atoms with Gasteiger partial charge in [0.25, 0.3) is 5.91 Å². The maximum atomic E-state index is 12.2. The van der Waals surface area contributed by atoms with Crippen LogP contribution in [0.1, 0.15) is 11.1 Å².